The second kappa shape index (κ2) is 7.61. The smallest absolute Gasteiger partial charge is 0.203 e. The molecule has 17 heavy (non-hydrogen) atoms. The zero-order valence-corrected chi connectivity index (χ0v) is 12.0. The Morgan fingerprint density at radius 2 is 2.35 bits per heavy atom. The molecular weight excluding hydrogens is 234 g/mol. The Balaban J connectivity index is 2.62. The van der Waals surface area contributed by atoms with E-state index >= 15 is 0 Å². The van der Waals surface area contributed by atoms with Crippen molar-refractivity contribution >= 4 is 17.7 Å². The summed E-state index contributed by atoms with van der Waals surface area (Å²) in [7, 11) is 1.71. The predicted molar refractivity (Wildman–Crippen MR) is 75.0 cm³/mol. The van der Waals surface area contributed by atoms with Crippen molar-refractivity contribution in [3.8, 4) is 0 Å². The lowest BCUT2D eigenvalue weighted by Crippen LogP contribution is -2.14. The van der Waals surface area contributed by atoms with Gasteiger partial charge in [-0.25, -0.2) is 4.98 Å². The van der Waals surface area contributed by atoms with Gasteiger partial charge in [0.05, 0.1) is 12.3 Å². The van der Waals surface area contributed by atoms with E-state index in [0.29, 0.717) is 12.6 Å². The summed E-state index contributed by atoms with van der Waals surface area (Å²) >= 11 is 1.88. The van der Waals surface area contributed by atoms with Gasteiger partial charge in [-0.15, -0.1) is 0 Å². The van der Waals surface area contributed by atoms with Crippen LogP contribution in [0.3, 0.4) is 0 Å². The molecule has 0 radical (unpaired) electrons. The van der Waals surface area contributed by atoms with Crippen LogP contribution in [0.4, 0.5) is 5.95 Å². The molecule has 4 nitrogen and oxygen atoms in total. The first kappa shape index (κ1) is 14.4. The van der Waals surface area contributed by atoms with E-state index in [9.17, 15) is 0 Å². The van der Waals surface area contributed by atoms with Crippen LogP contribution < -0.4 is 5.32 Å². The summed E-state index contributed by atoms with van der Waals surface area (Å²) in [5.74, 6) is 2.13. The Morgan fingerprint density at radius 1 is 1.59 bits per heavy atom. The van der Waals surface area contributed by atoms with Gasteiger partial charge in [0.25, 0.3) is 0 Å². The minimum atomic E-state index is 0.480. The van der Waals surface area contributed by atoms with Gasteiger partial charge in [-0.2, -0.15) is 11.8 Å². The van der Waals surface area contributed by atoms with Crippen molar-refractivity contribution in [1.82, 2.24) is 9.55 Å². The van der Waals surface area contributed by atoms with Crippen LogP contribution >= 0.6 is 11.8 Å². The van der Waals surface area contributed by atoms with Crippen LogP contribution in [0.25, 0.3) is 0 Å². The minimum Gasteiger partial charge on any atom is -0.383 e. The maximum absolute atomic E-state index is 5.03. The Kier molecular flexibility index (Phi) is 6.44. The number of aryl methyl sites for hydroxylation is 1. The highest BCUT2D eigenvalue weighted by Crippen LogP contribution is 2.19. The van der Waals surface area contributed by atoms with Crippen LogP contribution in [0.5, 0.6) is 0 Å². The maximum Gasteiger partial charge on any atom is 0.203 e. The molecule has 1 rings (SSSR count). The molecule has 98 valence electrons. The van der Waals surface area contributed by atoms with Gasteiger partial charge in [0.15, 0.2) is 0 Å². The van der Waals surface area contributed by atoms with Gasteiger partial charge in [0.1, 0.15) is 0 Å². The van der Waals surface area contributed by atoms with E-state index in [1.807, 2.05) is 18.7 Å². The summed E-state index contributed by atoms with van der Waals surface area (Å²) < 4.78 is 7.26. The molecule has 0 saturated heterocycles. The fourth-order valence-electron chi connectivity index (χ4n) is 1.68. The molecule has 0 amide bonds. The van der Waals surface area contributed by atoms with Gasteiger partial charge in [-0.05, 0) is 32.3 Å². The lowest BCUT2D eigenvalue weighted by molar-refractivity contribution is 0.210. The number of ether oxygens (including phenoxy) is 1. The summed E-state index contributed by atoms with van der Waals surface area (Å²) in [5.41, 5.74) is 1.06. The largest absolute Gasteiger partial charge is 0.383 e. The number of rotatable bonds is 8. The second-order valence-corrected chi connectivity index (χ2v) is 5.15. The van der Waals surface area contributed by atoms with E-state index < -0.39 is 0 Å². The van der Waals surface area contributed by atoms with Crippen molar-refractivity contribution in [2.24, 2.45) is 0 Å². The number of methoxy groups -OCH3 is 1. The van der Waals surface area contributed by atoms with Crippen LogP contribution in [0, 0.1) is 6.92 Å². The first-order valence-corrected chi connectivity index (χ1v) is 7.35. The van der Waals surface area contributed by atoms with Crippen LogP contribution in [0.15, 0.2) is 6.20 Å². The van der Waals surface area contributed by atoms with Crippen molar-refractivity contribution in [3.63, 3.8) is 0 Å². The number of anilines is 1. The normalized spacial score (nSPS) is 12.7. The lowest BCUT2D eigenvalue weighted by atomic mass is 10.2. The molecule has 0 saturated carbocycles. The molecule has 5 heteroatoms. The molecule has 1 N–H and O–H groups in total. The highest BCUT2D eigenvalue weighted by atomic mass is 32.2. The van der Waals surface area contributed by atoms with E-state index in [4.69, 9.17) is 4.74 Å². The predicted octanol–water partition coefficient (Wildman–Crippen LogP) is 2.56. The molecule has 1 aromatic heterocycles. The monoisotopic (exact) mass is 257 g/mol. The van der Waals surface area contributed by atoms with Gasteiger partial charge < -0.3 is 14.6 Å². The number of hydrogen-bond acceptors (Lipinski definition) is 4. The third-order valence-electron chi connectivity index (χ3n) is 2.66. The molecule has 0 spiro atoms. The number of hydrogen-bond donors (Lipinski definition) is 1. The van der Waals surface area contributed by atoms with Crippen molar-refractivity contribution in [3.05, 3.63) is 11.9 Å². The van der Waals surface area contributed by atoms with E-state index in [1.54, 1.807) is 7.11 Å². The summed E-state index contributed by atoms with van der Waals surface area (Å²) in [6, 6.07) is 0.480. The van der Waals surface area contributed by atoms with Gasteiger partial charge in [-0.3, -0.25) is 0 Å². The van der Waals surface area contributed by atoms with Crippen LogP contribution in [0.2, 0.25) is 0 Å². The number of thioether (sulfide) groups is 1. The highest BCUT2D eigenvalue weighted by Gasteiger charge is 2.11. The van der Waals surface area contributed by atoms with Gasteiger partial charge in [0, 0.05) is 25.9 Å². The van der Waals surface area contributed by atoms with E-state index in [-0.39, 0.29) is 0 Å². The summed E-state index contributed by atoms with van der Waals surface area (Å²) in [6.07, 6.45) is 5.42. The first-order valence-electron chi connectivity index (χ1n) is 5.96. The third-order valence-corrected chi connectivity index (χ3v) is 3.30. The topological polar surface area (TPSA) is 39.1 Å². The van der Waals surface area contributed by atoms with Crippen molar-refractivity contribution in [2.75, 3.05) is 37.6 Å². The molecular formula is C12H23N3OS. The lowest BCUT2D eigenvalue weighted by Gasteiger charge is -2.16. The van der Waals surface area contributed by atoms with E-state index in [2.05, 4.69) is 34.2 Å². The zero-order valence-electron chi connectivity index (χ0n) is 11.2. The highest BCUT2D eigenvalue weighted by molar-refractivity contribution is 7.98. The molecule has 1 aromatic rings. The van der Waals surface area contributed by atoms with Crippen molar-refractivity contribution in [2.45, 2.75) is 26.3 Å². The van der Waals surface area contributed by atoms with Gasteiger partial charge >= 0.3 is 0 Å². The Hall–Kier alpha value is -0.680. The number of aromatic nitrogens is 2. The van der Waals surface area contributed by atoms with Crippen LogP contribution in [-0.2, 0) is 4.74 Å². The molecule has 1 atom stereocenters. The second-order valence-electron chi connectivity index (χ2n) is 4.16. The zero-order chi connectivity index (χ0) is 12.7. The molecule has 1 heterocycles. The van der Waals surface area contributed by atoms with Crippen LogP contribution in [-0.4, -0.2) is 41.8 Å². The van der Waals surface area contributed by atoms with E-state index in [1.165, 1.54) is 5.75 Å². The fraction of sp³-hybridized carbons (Fsp3) is 0.750. The van der Waals surface area contributed by atoms with Crippen molar-refractivity contribution in [1.29, 1.82) is 0 Å². The molecule has 0 aliphatic heterocycles. The minimum absolute atomic E-state index is 0.480. The Labute approximate surface area is 108 Å². The maximum atomic E-state index is 5.03. The fourth-order valence-corrected chi connectivity index (χ4v) is 2.25. The summed E-state index contributed by atoms with van der Waals surface area (Å²) in [6.45, 7) is 5.76. The molecule has 0 aliphatic rings. The average Bonchev–Trinajstić information content (AvgIpc) is 2.68. The van der Waals surface area contributed by atoms with Gasteiger partial charge in [0.2, 0.25) is 5.95 Å². The summed E-state index contributed by atoms with van der Waals surface area (Å²) in [4.78, 5) is 4.50. The molecule has 0 bridgehead atoms. The SMILES string of the molecule is COCCNc1nc(C)cn1C(C)CCSC. The van der Waals surface area contributed by atoms with E-state index in [0.717, 1.165) is 24.6 Å². The first-order chi connectivity index (χ1) is 8.19. The third kappa shape index (κ3) is 4.60. The standard InChI is InChI=1S/C12H23N3OS/c1-10-9-15(11(2)5-8-17-4)12(14-10)13-6-7-16-3/h9,11H,5-8H2,1-4H3,(H,13,14). The number of imidazole rings is 1. The molecule has 0 fully saturated rings. The average molecular weight is 257 g/mol. The van der Waals surface area contributed by atoms with Crippen molar-refractivity contribution < 1.29 is 4.74 Å². The van der Waals surface area contributed by atoms with Gasteiger partial charge in [-0.1, -0.05) is 0 Å². The Bertz CT molecular complexity index is 328. The Morgan fingerprint density at radius 3 is 3.00 bits per heavy atom. The molecule has 1 unspecified atom stereocenters. The number of nitrogens with one attached hydrogen (secondary N) is 1. The molecule has 0 aliphatic carbocycles. The summed E-state index contributed by atoms with van der Waals surface area (Å²) in [5, 5.41) is 3.31. The molecule has 0 aromatic carbocycles. The number of nitrogens with zero attached hydrogens (tertiary/aromatic N) is 2. The quantitative estimate of drug-likeness (QED) is 0.727. The van der Waals surface area contributed by atoms with Crippen LogP contribution in [0.1, 0.15) is 25.1 Å².